The highest BCUT2D eigenvalue weighted by Crippen LogP contribution is 2.32. The van der Waals surface area contributed by atoms with Crippen LogP contribution in [0.15, 0.2) is 39.0 Å². The molecule has 0 atom stereocenters. The summed E-state index contributed by atoms with van der Waals surface area (Å²) in [5.74, 6) is -0.548. The van der Waals surface area contributed by atoms with Crippen LogP contribution in [0.2, 0.25) is 0 Å². The van der Waals surface area contributed by atoms with Crippen molar-refractivity contribution in [2.45, 2.75) is 17.0 Å². The number of oxazole rings is 1. The van der Waals surface area contributed by atoms with Gasteiger partial charge in [-0.1, -0.05) is 6.07 Å². The molecule has 1 aromatic carbocycles. The lowest BCUT2D eigenvalue weighted by molar-refractivity contribution is 0.100. The Morgan fingerprint density at radius 2 is 2.24 bits per heavy atom. The van der Waals surface area contributed by atoms with Crippen molar-refractivity contribution in [1.29, 1.82) is 0 Å². The Hall–Kier alpha value is -1.95. The van der Waals surface area contributed by atoms with Gasteiger partial charge in [-0.25, -0.2) is 4.98 Å². The molecule has 1 amide bonds. The van der Waals surface area contributed by atoms with Crippen LogP contribution in [0.5, 0.6) is 0 Å². The predicted molar refractivity (Wildman–Crippen MR) is 64.7 cm³/mol. The average Bonchev–Trinajstić information content (AvgIpc) is 2.67. The lowest BCUT2D eigenvalue weighted by Gasteiger charge is -2.05. The zero-order valence-corrected chi connectivity index (χ0v) is 9.95. The second-order valence-electron chi connectivity index (χ2n) is 3.44. The van der Waals surface area contributed by atoms with E-state index in [2.05, 4.69) is 4.98 Å². The molecule has 5 nitrogen and oxygen atoms in total. The Kier molecular flexibility index (Phi) is 3.06. The molecule has 0 saturated carbocycles. The van der Waals surface area contributed by atoms with E-state index in [1.807, 2.05) is 6.92 Å². The fourth-order valence-corrected chi connectivity index (χ4v) is 2.16. The van der Waals surface area contributed by atoms with Gasteiger partial charge in [0.2, 0.25) is 0 Å². The van der Waals surface area contributed by atoms with E-state index in [-0.39, 0.29) is 0 Å². The zero-order chi connectivity index (χ0) is 12.4. The molecule has 0 radical (unpaired) electrons. The van der Waals surface area contributed by atoms with Gasteiger partial charge in [0.05, 0.1) is 16.9 Å². The number of aryl methyl sites for hydroxylation is 1. The lowest BCUT2D eigenvalue weighted by atomic mass is 10.2. The first-order chi connectivity index (χ1) is 8.08. The first kappa shape index (κ1) is 11.5. The number of para-hydroxylation sites is 1. The third-order valence-corrected chi connectivity index (χ3v) is 3.06. The van der Waals surface area contributed by atoms with E-state index in [0.717, 1.165) is 5.69 Å². The average molecular weight is 249 g/mol. The van der Waals surface area contributed by atoms with Crippen molar-refractivity contribution in [3.05, 3.63) is 35.7 Å². The Labute approximate surface area is 102 Å². The van der Waals surface area contributed by atoms with Gasteiger partial charge in [0.1, 0.15) is 6.26 Å². The Bertz CT molecular complexity index is 566. The van der Waals surface area contributed by atoms with Crippen LogP contribution >= 0.6 is 11.8 Å². The van der Waals surface area contributed by atoms with Crippen molar-refractivity contribution in [1.82, 2.24) is 4.98 Å². The lowest BCUT2D eigenvalue weighted by Crippen LogP contribution is -2.13. The molecule has 0 unspecified atom stereocenters. The van der Waals surface area contributed by atoms with Gasteiger partial charge >= 0.3 is 0 Å². The van der Waals surface area contributed by atoms with Gasteiger partial charge < -0.3 is 15.9 Å². The van der Waals surface area contributed by atoms with Gasteiger partial charge in [0.15, 0.2) is 0 Å². The van der Waals surface area contributed by atoms with Crippen molar-refractivity contribution in [2.24, 2.45) is 5.73 Å². The minimum absolute atomic E-state index is 0.304. The predicted octanol–water partition coefficient (Wildman–Crippen LogP) is 1.82. The largest absolute Gasteiger partial charge is 0.439 e. The summed E-state index contributed by atoms with van der Waals surface area (Å²) < 4.78 is 5.20. The number of anilines is 1. The molecule has 0 aliphatic rings. The molecule has 0 aliphatic carbocycles. The maximum absolute atomic E-state index is 11.1. The maximum Gasteiger partial charge on any atom is 0.260 e. The molecular formula is C11H11N3O2S. The fourth-order valence-electron chi connectivity index (χ4n) is 1.32. The SMILES string of the molecule is Cc1coc(Sc2cccc(C(N)=O)c2N)n1. The summed E-state index contributed by atoms with van der Waals surface area (Å²) in [7, 11) is 0. The van der Waals surface area contributed by atoms with E-state index in [0.29, 0.717) is 21.4 Å². The molecule has 1 heterocycles. The number of rotatable bonds is 3. The molecule has 0 spiro atoms. The van der Waals surface area contributed by atoms with Crippen molar-refractivity contribution in [3.63, 3.8) is 0 Å². The summed E-state index contributed by atoms with van der Waals surface area (Å²) in [6, 6.07) is 5.09. The van der Waals surface area contributed by atoms with Crippen LogP contribution < -0.4 is 11.5 Å². The number of nitrogens with two attached hydrogens (primary N) is 2. The molecule has 6 heteroatoms. The standard InChI is InChI=1S/C11H11N3O2S/c1-6-5-16-11(14-6)17-8-4-2-3-7(9(8)12)10(13)15/h2-5H,12H2,1H3,(H2,13,15). The summed E-state index contributed by atoms with van der Waals surface area (Å²) in [4.78, 5) is 16.0. The molecule has 0 saturated heterocycles. The van der Waals surface area contributed by atoms with Crippen LogP contribution in [0.1, 0.15) is 16.1 Å². The summed E-state index contributed by atoms with van der Waals surface area (Å²) in [5, 5.41) is 0.482. The molecule has 4 N–H and O–H groups in total. The van der Waals surface area contributed by atoms with Crippen LogP contribution in [0, 0.1) is 6.92 Å². The fraction of sp³-hybridized carbons (Fsp3) is 0.0909. The molecule has 17 heavy (non-hydrogen) atoms. The highest BCUT2D eigenvalue weighted by Gasteiger charge is 2.12. The highest BCUT2D eigenvalue weighted by molar-refractivity contribution is 7.99. The maximum atomic E-state index is 11.1. The monoisotopic (exact) mass is 249 g/mol. The Morgan fingerprint density at radius 1 is 1.47 bits per heavy atom. The second-order valence-corrected chi connectivity index (χ2v) is 4.43. The van der Waals surface area contributed by atoms with E-state index in [9.17, 15) is 4.79 Å². The van der Waals surface area contributed by atoms with Crippen molar-refractivity contribution in [2.75, 3.05) is 5.73 Å². The van der Waals surface area contributed by atoms with E-state index < -0.39 is 5.91 Å². The Balaban J connectivity index is 2.33. The number of carbonyl (C=O) groups is 1. The molecule has 0 bridgehead atoms. The molecule has 2 rings (SSSR count). The van der Waals surface area contributed by atoms with Crippen molar-refractivity contribution < 1.29 is 9.21 Å². The zero-order valence-electron chi connectivity index (χ0n) is 9.14. The van der Waals surface area contributed by atoms with Gasteiger partial charge in [-0.15, -0.1) is 0 Å². The number of nitrogens with zero attached hydrogens (tertiary/aromatic N) is 1. The van der Waals surface area contributed by atoms with Crippen LogP contribution in [0.25, 0.3) is 0 Å². The third kappa shape index (κ3) is 2.42. The molecule has 2 aromatic rings. The third-order valence-electron chi connectivity index (χ3n) is 2.13. The number of primary amides is 1. The highest BCUT2D eigenvalue weighted by atomic mass is 32.2. The van der Waals surface area contributed by atoms with E-state index in [1.165, 1.54) is 11.8 Å². The molecule has 0 fully saturated rings. The van der Waals surface area contributed by atoms with E-state index >= 15 is 0 Å². The van der Waals surface area contributed by atoms with Gasteiger partial charge in [-0.3, -0.25) is 4.79 Å². The number of hydrogen-bond acceptors (Lipinski definition) is 5. The molecular weight excluding hydrogens is 238 g/mol. The second kappa shape index (κ2) is 4.50. The first-order valence-electron chi connectivity index (χ1n) is 4.86. The van der Waals surface area contributed by atoms with Crippen molar-refractivity contribution in [3.8, 4) is 0 Å². The number of hydrogen-bond donors (Lipinski definition) is 2. The smallest absolute Gasteiger partial charge is 0.260 e. The topological polar surface area (TPSA) is 95.1 Å². The number of carbonyl (C=O) groups excluding carboxylic acids is 1. The summed E-state index contributed by atoms with van der Waals surface area (Å²) in [5.41, 5.74) is 12.5. The number of nitrogen functional groups attached to an aromatic ring is 1. The van der Waals surface area contributed by atoms with Gasteiger partial charge in [0.25, 0.3) is 11.1 Å². The number of benzene rings is 1. The minimum Gasteiger partial charge on any atom is -0.439 e. The molecule has 0 aliphatic heterocycles. The summed E-state index contributed by atoms with van der Waals surface area (Å²) >= 11 is 1.26. The van der Waals surface area contributed by atoms with Crippen molar-refractivity contribution >= 4 is 23.4 Å². The summed E-state index contributed by atoms with van der Waals surface area (Å²) in [6.07, 6.45) is 1.55. The molecule has 88 valence electrons. The van der Waals surface area contributed by atoms with E-state index in [4.69, 9.17) is 15.9 Å². The molecule has 1 aromatic heterocycles. The van der Waals surface area contributed by atoms with Crippen LogP contribution in [-0.2, 0) is 0 Å². The Morgan fingerprint density at radius 3 is 2.82 bits per heavy atom. The minimum atomic E-state index is -0.548. The number of aromatic nitrogens is 1. The van der Waals surface area contributed by atoms with Crippen LogP contribution in [0.4, 0.5) is 5.69 Å². The number of amides is 1. The van der Waals surface area contributed by atoms with Crippen LogP contribution in [0.3, 0.4) is 0 Å². The quantitative estimate of drug-likeness (QED) is 0.809. The normalized spacial score (nSPS) is 10.4. The van der Waals surface area contributed by atoms with E-state index in [1.54, 1.807) is 24.5 Å². The van der Waals surface area contributed by atoms with Gasteiger partial charge in [0, 0.05) is 4.90 Å². The summed E-state index contributed by atoms with van der Waals surface area (Å²) in [6.45, 7) is 1.83. The van der Waals surface area contributed by atoms with Crippen LogP contribution in [-0.4, -0.2) is 10.9 Å². The van der Waals surface area contributed by atoms with Gasteiger partial charge in [-0.05, 0) is 30.8 Å². The van der Waals surface area contributed by atoms with Gasteiger partial charge in [-0.2, -0.15) is 0 Å². The first-order valence-corrected chi connectivity index (χ1v) is 5.68.